The van der Waals surface area contributed by atoms with Crippen LogP contribution in [0.25, 0.3) is 0 Å². The van der Waals surface area contributed by atoms with E-state index in [-0.39, 0.29) is 30.4 Å². The Morgan fingerprint density at radius 2 is 1.66 bits per heavy atom. The smallest absolute Gasteiger partial charge is 0.323 e. The summed E-state index contributed by atoms with van der Waals surface area (Å²) in [6.07, 6.45) is -0.0958. The third-order valence-corrected chi connectivity index (χ3v) is 3.51. The van der Waals surface area contributed by atoms with E-state index in [1.165, 1.54) is 6.07 Å². The lowest BCUT2D eigenvalue weighted by molar-refractivity contribution is 0.0547. The van der Waals surface area contributed by atoms with Crippen LogP contribution < -0.4 is 21.1 Å². The first kappa shape index (κ1) is 22.7. The molecule has 1 heterocycles. The van der Waals surface area contributed by atoms with Gasteiger partial charge in [-0.3, -0.25) is 0 Å². The van der Waals surface area contributed by atoms with E-state index in [2.05, 4.69) is 25.6 Å². The normalized spacial score (nSPS) is 10.9. The van der Waals surface area contributed by atoms with Crippen LogP contribution >= 0.6 is 0 Å². The largest absolute Gasteiger partial charge is 0.461 e. The summed E-state index contributed by atoms with van der Waals surface area (Å²) in [5.41, 5.74) is 5.86. The number of rotatable bonds is 14. The van der Waals surface area contributed by atoms with Crippen molar-refractivity contribution in [2.45, 2.75) is 26.5 Å². The van der Waals surface area contributed by atoms with Crippen LogP contribution in [0.2, 0.25) is 0 Å². The van der Waals surface area contributed by atoms with Crippen LogP contribution in [0.3, 0.4) is 0 Å². The molecule has 0 unspecified atom stereocenters. The molecule has 0 bridgehead atoms. The average Bonchev–Trinajstić information content (AvgIpc) is 2.69. The van der Waals surface area contributed by atoms with Crippen molar-refractivity contribution in [2.75, 3.05) is 50.2 Å². The van der Waals surface area contributed by atoms with E-state index < -0.39 is 0 Å². The Kier molecular flexibility index (Phi) is 10.0. The summed E-state index contributed by atoms with van der Waals surface area (Å²) in [5.74, 6) is 0.339. The number of aromatic nitrogens is 3. The molecule has 2 rings (SSSR count). The van der Waals surface area contributed by atoms with Gasteiger partial charge in [-0.2, -0.15) is 15.0 Å². The van der Waals surface area contributed by atoms with Gasteiger partial charge in [-0.05, 0) is 19.9 Å². The molecule has 10 heteroatoms. The van der Waals surface area contributed by atoms with E-state index in [1.54, 1.807) is 18.2 Å². The van der Waals surface area contributed by atoms with Crippen LogP contribution in [0.1, 0.15) is 19.4 Å². The van der Waals surface area contributed by atoms with Gasteiger partial charge in [-0.1, -0.05) is 18.2 Å². The van der Waals surface area contributed by atoms with Crippen LogP contribution in [0.15, 0.2) is 24.3 Å². The molecule has 29 heavy (non-hydrogen) atoms. The molecule has 0 saturated carbocycles. The predicted molar refractivity (Wildman–Crippen MR) is 108 cm³/mol. The topological polar surface area (TPSA) is 116 Å². The maximum atomic E-state index is 13.8. The maximum Gasteiger partial charge on any atom is 0.323 e. The van der Waals surface area contributed by atoms with Crippen LogP contribution in [-0.2, 0) is 16.0 Å². The monoisotopic (exact) mass is 408 g/mol. The second-order valence-electron chi connectivity index (χ2n) is 6.32. The quantitative estimate of drug-likeness (QED) is 0.402. The van der Waals surface area contributed by atoms with Gasteiger partial charge in [0.15, 0.2) is 0 Å². The molecule has 0 amide bonds. The molecule has 0 aliphatic carbocycles. The molecule has 0 aliphatic rings. The van der Waals surface area contributed by atoms with E-state index in [0.29, 0.717) is 51.0 Å². The highest BCUT2D eigenvalue weighted by Crippen LogP contribution is 2.14. The number of hydrogen-bond acceptors (Lipinski definition) is 9. The number of ether oxygens (including phenoxy) is 3. The van der Waals surface area contributed by atoms with Crippen molar-refractivity contribution >= 4 is 11.9 Å². The van der Waals surface area contributed by atoms with Crippen molar-refractivity contribution in [2.24, 2.45) is 5.73 Å². The van der Waals surface area contributed by atoms with E-state index in [1.807, 2.05) is 13.8 Å². The predicted octanol–water partition coefficient (Wildman–Crippen LogP) is 1.81. The molecular formula is C19H29FN6O3. The minimum absolute atomic E-state index is 0.0958. The first-order chi connectivity index (χ1) is 14.1. The maximum absolute atomic E-state index is 13.8. The lowest BCUT2D eigenvalue weighted by Crippen LogP contribution is -2.17. The lowest BCUT2D eigenvalue weighted by atomic mass is 10.2. The second-order valence-corrected chi connectivity index (χ2v) is 6.32. The molecule has 0 fully saturated rings. The van der Waals surface area contributed by atoms with Gasteiger partial charge in [0.1, 0.15) is 5.82 Å². The minimum atomic E-state index is -0.293. The highest BCUT2D eigenvalue weighted by Gasteiger charge is 2.10. The van der Waals surface area contributed by atoms with Gasteiger partial charge >= 0.3 is 6.01 Å². The number of hydrogen-bond donors (Lipinski definition) is 3. The van der Waals surface area contributed by atoms with Crippen LogP contribution in [-0.4, -0.2) is 60.6 Å². The molecule has 4 N–H and O–H groups in total. The molecule has 0 aliphatic heterocycles. The van der Waals surface area contributed by atoms with E-state index >= 15 is 0 Å². The van der Waals surface area contributed by atoms with Crippen molar-refractivity contribution in [3.05, 3.63) is 35.6 Å². The van der Waals surface area contributed by atoms with Gasteiger partial charge in [0.25, 0.3) is 0 Å². The summed E-state index contributed by atoms with van der Waals surface area (Å²) in [6, 6.07) is 6.71. The van der Waals surface area contributed by atoms with E-state index in [9.17, 15) is 4.39 Å². The summed E-state index contributed by atoms with van der Waals surface area (Å²) in [4.78, 5) is 12.8. The van der Waals surface area contributed by atoms with Crippen LogP contribution in [0.4, 0.5) is 16.3 Å². The molecule has 0 atom stereocenters. The number of nitrogens with two attached hydrogens (primary N) is 1. The highest BCUT2D eigenvalue weighted by atomic mass is 19.1. The van der Waals surface area contributed by atoms with Gasteiger partial charge < -0.3 is 30.6 Å². The number of benzene rings is 1. The zero-order valence-corrected chi connectivity index (χ0v) is 16.9. The number of nitrogens with zero attached hydrogens (tertiary/aromatic N) is 3. The summed E-state index contributed by atoms with van der Waals surface area (Å²) in [5, 5.41) is 6.07. The third kappa shape index (κ3) is 8.99. The van der Waals surface area contributed by atoms with Gasteiger partial charge in [0.05, 0.1) is 32.5 Å². The molecule has 1 aromatic carbocycles. The Morgan fingerprint density at radius 3 is 2.34 bits per heavy atom. The summed E-state index contributed by atoms with van der Waals surface area (Å²) in [7, 11) is 0. The van der Waals surface area contributed by atoms with Gasteiger partial charge in [-0.25, -0.2) is 4.39 Å². The van der Waals surface area contributed by atoms with Gasteiger partial charge in [0, 0.05) is 25.2 Å². The number of nitrogens with one attached hydrogen (secondary N) is 2. The fourth-order valence-electron chi connectivity index (χ4n) is 2.23. The molecule has 0 spiro atoms. The summed E-state index contributed by atoms with van der Waals surface area (Å²) < 4.78 is 30.1. The Balaban J connectivity index is 1.89. The van der Waals surface area contributed by atoms with Gasteiger partial charge in [0.2, 0.25) is 11.9 Å². The summed E-state index contributed by atoms with van der Waals surface area (Å²) in [6.45, 7) is 6.94. The van der Waals surface area contributed by atoms with E-state index in [0.717, 1.165) is 0 Å². The standard InChI is InChI=1S/C19H29FN6O3/c1-14(2)29-19-25-17(22-8-10-28-12-11-27-9-7-21)24-18(26-19)23-13-15-5-3-4-6-16(15)20/h3-6,14H,7-13,21H2,1-2H3,(H2,22,23,24,25,26). The fraction of sp³-hybridized carbons (Fsp3) is 0.526. The molecule has 0 saturated heterocycles. The molecule has 2 aromatic rings. The van der Waals surface area contributed by atoms with Crippen molar-refractivity contribution < 1.29 is 18.6 Å². The Hall–Kier alpha value is -2.56. The first-order valence-electron chi connectivity index (χ1n) is 9.58. The highest BCUT2D eigenvalue weighted by molar-refractivity contribution is 5.37. The molecular weight excluding hydrogens is 379 g/mol. The molecule has 1 aromatic heterocycles. The van der Waals surface area contributed by atoms with Gasteiger partial charge in [-0.15, -0.1) is 0 Å². The van der Waals surface area contributed by atoms with Crippen LogP contribution in [0.5, 0.6) is 6.01 Å². The van der Waals surface area contributed by atoms with Crippen molar-refractivity contribution in [3.8, 4) is 6.01 Å². The lowest BCUT2D eigenvalue weighted by Gasteiger charge is -2.12. The Morgan fingerprint density at radius 1 is 0.966 bits per heavy atom. The van der Waals surface area contributed by atoms with Crippen molar-refractivity contribution in [1.82, 2.24) is 15.0 Å². The minimum Gasteiger partial charge on any atom is -0.461 e. The Labute approximate surface area is 170 Å². The SMILES string of the molecule is CC(C)Oc1nc(NCCOCCOCCN)nc(NCc2ccccc2F)n1. The van der Waals surface area contributed by atoms with Crippen molar-refractivity contribution in [1.29, 1.82) is 0 Å². The molecule has 9 nitrogen and oxygen atoms in total. The van der Waals surface area contributed by atoms with E-state index in [4.69, 9.17) is 19.9 Å². The second kappa shape index (κ2) is 12.8. The molecule has 160 valence electrons. The first-order valence-corrected chi connectivity index (χ1v) is 9.58. The number of halogens is 1. The fourth-order valence-corrected chi connectivity index (χ4v) is 2.23. The summed E-state index contributed by atoms with van der Waals surface area (Å²) >= 11 is 0. The average molecular weight is 408 g/mol. The molecule has 0 radical (unpaired) electrons. The Bertz CT molecular complexity index is 735. The number of anilines is 2. The third-order valence-electron chi connectivity index (χ3n) is 3.51. The van der Waals surface area contributed by atoms with Crippen LogP contribution in [0, 0.1) is 5.82 Å². The van der Waals surface area contributed by atoms with Crippen molar-refractivity contribution in [3.63, 3.8) is 0 Å². The zero-order chi connectivity index (χ0) is 20.9. The zero-order valence-electron chi connectivity index (χ0n) is 16.9.